The van der Waals surface area contributed by atoms with Crippen molar-refractivity contribution in [1.82, 2.24) is 0 Å². The maximum absolute atomic E-state index is 10.9. The second-order valence-electron chi connectivity index (χ2n) is 5.88. The van der Waals surface area contributed by atoms with E-state index in [1.165, 1.54) is 17.7 Å². The molecule has 0 spiro atoms. The largest absolute Gasteiger partial charge is 0.481 e. The highest BCUT2D eigenvalue weighted by Crippen LogP contribution is 2.37. The van der Waals surface area contributed by atoms with E-state index in [0.717, 1.165) is 11.1 Å². The Morgan fingerprint density at radius 1 is 1.12 bits per heavy atom. The molecular formula is C17H19Cl2O4P. The average molecular weight is 389 g/mol. The van der Waals surface area contributed by atoms with Crippen LogP contribution in [0.4, 0.5) is 0 Å². The SMILES string of the molecule is CC(C)c1cccc(Cc2c(Cl)cc(OCP(=O)(O)O)cc2Cl)c1. The van der Waals surface area contributed by atoms with Crippen LogP contribution in [-0.2, 0) is 11.0 Å². The summed E-state index contributed by atoms with van der Waals surface area (Å²) in [5.41, 5.74) is 3.08. The summed E-state index contributed by atoms with van der Waals surface area (Å²) >= 11 is 12.6. The molecule has 0 fully saturated rings. The van der Waals surface area contributed by atoms with Gasteiger partial charge in [-0.2, -0.15) is 0 Å². The molecule has 2 rings (SSSR count). The lowest BCUT2D eigenvalue weighted by Crippen LogP contribution is -1.99. The third-order valence-electron chi connectivity index (χ3n) is 3.51. The topological polar surface area (TPSA) is 66.8 Å². The van der Waals surface area contributed by atoms with Crippen LogP contribution >= 0.6 is 30.8 Å². The zero-order valence-electron chi connectivity index (χ0n) is 13.4. The van der Waals surface area contributed by atoms with E-state index in [1.54, 1.807) is 0 Å². The van der Waals surface area contributed by atoms with Crippen LogP contribution in [0.5, 0.6) is 5.75 Å². The fourth-order valence-electron chi connectivity index (χ4n) is 2.26. The van der Waals surface area contributed by atoms with Crippen LogP contribution in [0.3, 0.4) is 0 Å². The molecule has 24 heavy (non-hydrogen) atoms. The maximum atomic E-state index is 10.9. The zero-order chi connectivity index (χ0) is 17.9. The number of hydrogen-bond donors (Lipinski definition) is 2. The number of hydrogen-bond acceptors (Lipinski definition) is 2. The van der Waals surface area contributed by atoms with Crippen LogP contribution < -0.4 is 4.74 Å². The van der Waals surface area contributed by atoms with Gasteiger partial charge in [-0.25, -0.2) is 0 Å². The summed E-state index contributed by atoms with van der Waals surface area (Å²) in [7, 11) is -4.25. The third kappa shape index (κ3) is 5.51. The van der Waals surface area contributed by atoms with Crippen LogP contribution in [0.2, 0.25) is 10.0 Å². The van der Waals surface area contributed by atoms with Gasteiger partial charge in [0.05, 0.1) is 0 Å². The maximum Gasteiger partial charge on any atom is 0.362 e. The van der Waals surface area contributed by atoms with Crippen molar-refractivity contribution in [3.63, 3.8) is 0 Å². The van der Waals surface area contributed by atoms with Crippen molar-refractivity contribution >= 4 is 30.8 Å². The lowest BCUT2D eigenvalue weighted by atomic mass is 9.97. The summed E-state index contributed by atoms with van der Waals surface area (Å²) in [4.78, 5) is 17.7. The van der Waals surface area contributed by atoms with Crippen molar-refractivity contribution in [1.29, 1.82) is 0 Å². The summed E-state index contributed by atoms with van der Waals surface area (Å²) in [6, 6.07) is 11.3. The Morgan fingerprint density at radius 3 is 2.29 bits per heavy atom. The first kappa shape index (κ1) is 19.3. The molecular weight excluding hydrogens is 370 g/mol. The predicted octanol–water partition coefficient (Wildman–Crippen LogP) is 5.22. The molecule has 2 aromatic rings. The Kier molecular flexibility index (Phi) is 6.35. The first-order valence-electron chi connectivity index (χ1n) is 7.40. The molecule has 0 heterocycles. The lowest BCUT2D eigenvalue weighted by molar-refractivity contribution is 0.300. The lowest BCUT2D eigenvalue weighted by Gasteiger charge is -2.13. The van der Waals surface area contributed by atoms with Crippen molar-refractivity contribution in [3.8, 4) is 5.75 Å². The number of rotatable bonds is 6. The first-order chi connectivity index (χ1) is 11.2. The molecule has 2 N–H and O–H groups in total. The van der Waals surface area contributed by atoms with E-state index >= 15 is 0 Å². The summed E-state index contributed by atoms with van der Waals surface area (Å²) < 4.78 is 15.9. The normalized spacial score (nSPS) is 11.8. The molecule has 0 atom stereocenters. The van der Waals surface area contributed by atoms with Gasteiger partial charge in [-0.3, -0.25) is 4.57 Å². The highest BCUT2D eigenvalue weighted by Gasteiger charge is 2.16. The second-order valence-corrected chi connectivity index (χ2v) is 8.28. The van der Waals surface area contributed by atoms with E-state index in [2.05, 4.69) is 26.0 Å². The minimum atomic E-state index is -4.25. The van der Waals surface area contributed by atoms with Crippen molar-refractivity contribution in [2.75, 3.05) is 6.35 Å². The Bertz CT molecular complexity index is 748. The number of ether oxygens (including phenoxy) is 1. The molecule has 0 saturated heterocycles. The van der Waals surface area contributed by atoms with Gasteiger partial charge in [-0.15, -0.1) is 0 Å². The number of halogens is 2. The Hall–Kier alpha value is -1.03. The van der Waals surface area contributed by atoms with E-state index in [1.807, 2.05) is 12.1 Å². The monoisotopic (exact) mass is 388 g/mol. The quantitative estimate of drug-likeness (QED) is 0.665. The average Bonchev–Trinajstić information content (AvgIpc) is 2.48. The minimum Gasteiger partial charge on any atom is -0.481 e. The smallest absolute Gasteiger partial charge is 0.362 e. The van der Waals surface area contributed by atoms with Crippen molar-refractivity contribution in [2.45, 2.75) is 26.2 Å². The van der Waals surface area contributed by atoms with E-state index < -0.39 is 13.9 Å². The van der Waals surface area contributed by atoms with Crippen LogP contribution in [0.15, 0.2) is 36.4 Å². The predicted molar refractivity (Wildman–Crippen MR) is 97.3 cm³/mol. The third-order valence-corrected chi connectivity index (χ3v) is 4.65. The van der Waals surface area contributed by atoms with Crippen LogP contribution in [0, 0.1) is 0 Å². The van der Waals surface area contributed by atoms with Gasteiger partial charge >= 0.3 is 7.60 Å². The van der Waals surface area contributed by atoms with Gasteiger partial charge in [0.25, 0.3) is 0 Å². The molecule has 0 bridgehead atoms. The fourth-order valence-corrected chi connectivity index (χ4v) is 3.17. The Balaban J connectivity index is 2.22. The molecule has 4 nitrogen and oxygen atoms in total. The molecule has 0 amide bonds. The van der Waals surface area contributed by atoms with Crippen molar-refractivity contribution in [3.05, 3.63) is 63.1 Å². The number of benzene rings is 2. The van der Waals surface area contributed by atoms with E-state index in [9.17, 15) is 4.57 Å². The van der Waals surface area contributed by atoms with E-state index in [-0.39, 0.29) is 5.75 Å². The van der Waals surface area contributed by atoms with Crippen LogP contribution in [0.1, 0.15) is 36.5 Å². The molecule has 0 aliphatic carbocycles. The molecule has 2 aromatic carbocycles. The molecule has 130 valence electrons. The van der Waals surface area contributed by atoms with Crippen LogP contribution in [-0.4, -0.2) is 16.1 Å². The van der Waals surface area contributed by atoms with Gasteiger partial charge in [0.2, 0.25) is 0 Å². The standard InChI is InChI=1S/C17H19Cl2O4P/c1-11(2)13-5-3-4-12(6-13)7-15-16(18)8-14(9-17(15)19)23-10-24(20,21)22/h3-6,8-9,11H,7,10H2,1-2H3,(H2,20,21,22). The molecule has 0 aliphatic rings. The van der Waals surface area contributed by atoms with Crippen molar-refractivity contribution < 1.29 is 19.1 Å². The Labute approximate surface area is 151 Å². The Morgan fingerprint density at radius 2 is 1.75 bits per heavy atom. The van der Waals surface area contributed by atoms with Gasteiger partial charge < -0.3 is 14.5 Å². The van der Waals surface area contributed by atoms with Gasteiger partial charge in [0, 0.05) is 16.5 Å². The summed E-state index contributed by atoms with van der Waals surface area (Å²) in [6.07, 6.45) is -0.146. The zero-order valence-corrected chi connectivity index (χ0v) is 15.8. The molecule has 0 radical (unpaired) electrons. The van der Waals surface area contributed by atoms with Gasteiger partial charge in [0.1, 0.15) is 5.75 Å². The van der Waals surface area contributed by atoms with E-state index in [0.29, 0.717) is 22.4 Å². The van der Waals surface area contributed by atoms with E-state index in [4.69, 9.17) is 37.7 Å². The second kappa shape index (κ2) is 7.90. The highest BCUT2D eigenvalue weighted by molar-refractivity contribution is 7.51. The summed E-state index contributed by atoms with van der Waals surface area (Å²) in [5.74, 6) is 0.660. The minimum absolute atomic E-state index is 0.230. The van der Waals surface area contributed by atoms with Gasteiger partial charge in [-0.05, 0) is 34.7 Å². The van der Waals surface area contributed by atoms with Crippen LogP contribution in [0.25, 0.3) is 0 Å². The van der Waals surface area contributed by atoms with Crippen molar-refractivity contribution in [2.24, 2.45) is 0 Å². The van der Waals surface area contributed by atoms with Gasteiger partial charge in [-0.1, -0.05) is 61.3 Å². The molecule has 7 heteroatoms. The van der Waals surface area contributed by atoms with Gasteiger partial charge in [0.15, 0.2) is 6.35 Å². The first-order valence-corrected chi connectivity index (χ1v) is 9.95. The summed E-state index contributed by atoms with van der Waals surface area (Å²) in [6.45, 7) is 4.26. The highest BCUT2D eigenvalue weighted by atomic mass is 35.5. The molecule has 0 aliphatic heterocycles. The fraction of sp³-hybridized carbons (Fsp3) is 0.294. The summed E-state index contributed by atoms with van der Waals surface area (Å²) in [5, 5.41) is 0.802. The molecule has 0 unspecified atom stereocenters. The molecule has 0 saturated carbocycles. The molecule has 0 aromatic heterocycles.